The minimum Gasteiger partial charge on any atom is -0.508 e. The van der Waals surface area contributed by atoms with Crippen LogP contribution in [0.3, 0.4) is 0 Å². The molecular weight excluding hydrogens is 330 g/mol. The molecule has 0 aliphatic heterocycles. The van der Waals surface area contributed by atoms with Crippen LogP contribution in [-0.4, -0.2) is 27.7 Å². The van der Waals surface area contributed by atoms with Crippen molar-refractivity contribution in [2.24, 2.45) is 7.05 Å². The largest absolute Gasteiger partial charge is 0.508 e. The highest BCUT2D eigenvalue weighted by Crippen LogP contribution is 2.23. The number of aromatic nitrogens is 2. The summed E-state index contributed by atoms with van der Waals surface area (Å²) in [6.45, 7) is 0. The van der Waals surface area contributed by atoms with Gasteiger partial charge in [0.25, 0.3) is 0 Å². The molecule has 134 valence electrons. The Hall–Kier alpha value is -3.28. The third-order valence-electron chi connectivity index (χ3n) is 4.17. The van der Waals surface area contributed by atoms with Gasteiger partial charge in [-0.2, -0.15) is 0 Å². The molecule has 1 amide bonds. The van der Waals surface area contributed by atoms with E-state index in [9.17, 15) is 9.90 Å². The topological polar surface area (TPSA) is 76.4 Å². The molecule has 6 nitrogen and oxygen atoms in total. The standard InChI is InChI=1S/C20H21N3O3/c1-23-12-11-21-20(23)19(15-5-9-17(26-2)10-6-15)22-18(25)13-14-3-7-16(24)8-4-14/h3-12,19,24H,13H2,1-2H3,(H,22,25). The molecule has 0 aliphatic rings. The van der Waals surface area contributed by atoms with Crippen molar-refractivity contribution in [1.29, 1.82) is 0 Å². The molecule has 26 heavy (non-hydrogen) atoms. The summed E-state index contributed by atoms with van der Waals surface area (Å²) in [5.41, 5.74) is 1.74. The number of aryl methyl sites for hydroxylation is 1. The van der Waals surface area contributed by atoms with Gasteiger partial charge in [0.15, 0.2) is 0 Å². The fourth-order valence-corrected chi connectivity index (χ4v) is 2.76. The molecule has 0 fully saturated rings. The van der Waals surface area contributed by atoms with Crippen LogP contribution in [0.2, 0.25) is 0 Å². The number of nitrogens with zero attached hydrogens (tertiary/aromatic N) is 2. The monoisotopic (exact) mass is 351 g/mol. The summed E-state index contributed by atoms with van der Waals surface area (Å²) in [5.74, 6) is 1.55. The molecular formula is C20H21N3O3. The SMILES string of the molecule is COc1ccc(C(NC(=O)Cc2ccc(O)cc2)c2nccn2C)cc1. The van der Waals surface area contributed by atoms with Crippen LogP contribution in [0, 0.1) is 0 Å². The van der Waals surface area contributed by atoms with E-state index in [1.807, 2.05) is 42.1 Å². The van der Waals surface area contributed by atoms with Crippen molar-refractivity contribution in [3.63, 3.8) is 0 Å². The molecule has 6 heteroatoms. The molecule has 0 aliphatic carbocycles. The number of amides is 1. The Kier molecular flexibility index (Phi) is 5.22. The number of hydrogen-bond acceptors (Lipinski definition) is 4. The highest BCUT2D eigenvalue weighted by atomic mass is 16.5. The molecule has 0 saturated carbocycles. The lowest BCUT2D eigenvalue weighted by Gasteiger charge is -2.19. The second-order valence-electron chi connectivity index (χ2n) is 6.01. The second kappa shape index (κ2) is 7.74. The predicted octanol–water partition coefficient (Wildman–Crippen LogP) is 2.58. The average molecular weight is 351 g/mol. The zero-order valence-electron chi connectivity index (χ0n) is 14.7. The third kappa shape index (κ3) is 4.03. The van der Waals surface area contributed by atoms with Gasteiger partial charge in [0.05, 0.1) is 13.5 Å². The van der Waals surface area contributed by atoms with E-state index in [0.717, 1.165) is 22.7 Å². The summed E-state index contributed by atoms with van der Waals surface area (Å²) < 4.78 is 7.09. The van der Waals surface area contributed by atoms with Crippen molar-refractivity contribution >= 4 is 5.91 Å². The van der Waals surface area contributed by atoms with Crippen molar-refractivity contribution in [2.75, 3.05) is 7.11 Å². The first-order valence-corrected chi connectivity index (χ1v) is 8.25. The fourth-order valence-electron chi connectivity index (χ4n) is 2.76. The van der Waals surface area contributed by atoms with Gasteiger partial charge in [0, 0.05) is 19.4 Å². The number of carbonyl (C=O) groups is 1. The molecule has 3 aromatic rings. The van der Waals surface area contributed by atoms with E-state index < -0.39 is 0 Å². The number of nitrogens with one attached hydrogen (secondary N) is 1. The summed E-state index contributed by atoms with van der Waals surface area (Å²) in [5, 5.41) is 12.4. The molecule has 0 bridgehead atoms. The molecule has 0 radical (unpaired) electrons. The Morgan fingerprint density at radius 1 is 1.19 bits per heavy atom. The van der Waals surface area contributed by atoms with Crippen molar-refractivity contribution < 1.29 is 14.6 Å². The van der Waals surface area contributed by atoms with Crippen molar-refractivity contribution in [1.82, 2.24) is 14.9 Å². The second-order valence-corrected chi connectivity index (χ2v) is 6.01. The lowest BCUT2D eigenvalue weighted by Crippen LogP contribution is -2.32. The van der Waals surface area contributed by atoms with Crippen LogP contribution in [0.1, 0.15) is 23.0 Å². The molecule has 2 N–H and O–H groups in total. The van der Waals surface area contributed by atoms with E-state index in [1.165, 1.54) is 0 Å². The number of methoxy groups -OCH3 is 1. The van der Waals surface area contributed by atoms with Gasteiger partial charge in [-0.05, 0) is 35.4 Å². The highest BCUT2D eigenvalue weighted by molar-refractivity contribution is 5.79. The molecule has 1 heterocycles. The zero-order valence-corrected chi connectivity index (χ0v) is 14.7. The first-order chi connectivity index (χ1) is 12.6. The van der Waals surface area contributed by atoms with Gasteiger partial charge in [-0.3, -0.25) is 4.79 Å². The predicted molar refractivity (Wildman–Crippen MR) is 98.0 cm³/mol. The maximum Gasteiger partial charge on any atom is 0.225 e. The Labute approximate surface area is 152 Å². The number of aromatic hydroxyl groups is 1. The van der Waals surface area contributed by atoms with Crippen molar-refractivity contribution in [3.8, 4) is 11.5 Å². The highest BCUT2D eigenvalue weighted by Gasteiger charge is 2.21. The van der Waals surface area contributed by atoms with Crippen LogP contribution in [-0.2, 0) is 18.3 Å². The summed E-state index contributed by atoms with van der Waals surface area (Å²) in [7, 11) is 3.51. The Balaban J connectivity index is 1.82. The summed E-state index contributed by atoms with van der Waals surface area (Å²) in [6.07, 6.45) is 3.77. The van der Waals surface area contributed by atoms with Crippen LogP contribution >= 0.6 is 0 Å². The van der Waals surface area contributed by atoms with E-state index in [4.69, 9.17) is 4.74 Å². The van der Waals surface area contributed by atoms with E-state index in [2.05, 4.69) is 10.3 Å². The number of imidazole rings is 1. The van der Waals surface area contributed by atoms with E-state index in [1.54, 1.807) is 37.6 Å². The van der Waals surface area contributed by atoms with Crippen LogP contribution in [0.25, 0.3) is 0 Å². The first kappa shape index (κ1) is 17.5. The van der Waals surface area contributed by atoms with Crippen molar-refractivity contribution in [2.45, 2.75) is 12.5 Å². The maximum absolute atomic E-state index is 12.6. The van der Waals surface area contributed by atoms with E-state index >= 15 is 0 Å². The van der Waals surface area contributed by atoms with E-state index in [0.29, 0.717) is 0 Å². The van der Waals surface area contributed by atoms with Gasteiger partial charge >= 0.3 is 0 Å². The number of phenols is 1. The molecule has 1 aromatic heterocycles. The number of phenolic OH excluding ortho intramolecular Hbond substituents is 1. The lowest BCUT2D eigenvalue weighted by molar-refractivity contribution is -0.121. The number of ether oxygens (including phenoxy) is 1. The number of benzene rings is 2. The fraction of sp³-hybridized carbons (Fsp3) is 0.200. The number of carbonyl (C=O) groups excluding carboxylic acids is 1. The minimum atomic E-state index is -0.370. The summed E-state index contributed by atoms with van der Waals surface area (Å²) in [6, 6.07) is 13.8. The van der Waals surface area contributed by atoms with Gasteiger partial charge < -0.3 is 19.7 Å². The van der Waals surface area contributed by atoms with Gasteiger partial charge in [0.2, 0.25) is 5.91 Å². The van der Waals surface area contributed by atoms with Crippen LogP contribution < -0.4 is 10.1 Å². The molecule has 1 atom stereocenters. The molecule has 2 aromatic carbocycles. The van der Waals surface area contributed by atoms with Gasteiger partial charge in [-0.1, -0.05) is 24.3 Å². The molecule has 0 saturated heterocycles. The average Bonchev–Trinajstić information content (AvgIpc) is 3.07. The maximum atomic E-state index is 12.6. The Bertz CT molecular complexity index is 870. The molecule has 1 unspecified atom stereocenters. The van der Waals surface area contributed by atoms with Gasteiger partial charge in [-0.25, -0.2) is 4.98 Å². The quantitative estimate of drug-likeness (QED) is 0.716. The van der Waals surface area contributed by atoms with Crippen LogP contribution in [0.4, 0.5) is 0 Å². The van der Waals surface area contributed by atoms with Crippen molar-refractivity contribution in [3.05, 3.63) is 77.9 Å². The molecule has 3 rings (SSSR count). The zero-order chi connectivity index (χ0) is 18.5. The Morgan fingerprint density at radius 3 is 2.46 bits per heavy atom. The number of rotatable bonds is 6. The van der Waals surface area contributed by atoms with Crippen LogP contribution in [0.15, 0.2) is 60.9 Å². The summed E-state index contributed by atoms with van der Waals surface area (Å²) in [4.78, 5) is 17.0. The third-order valence-corrected chi connectivity index (χ3v) is 4.17. The smallest absolute Gasteiger partial charge is 0.225 e. The van der Waals surface area contributed by atoms with Crippen LogP contribution in [0.5, 0.6) is 11.5 Å². The first-order valence-electron chi connectivity index (χ1n) is 8.25. The summed E-state index contributed by atoms with van der Waals surface area (Å²) >= 11 is 0. The minimum absolute atomic E-state index is 0.125. The number of hydrogen-bond donors (Lipinski definition) is 2. The van der Waals surface area contributed by atoms with Gasteiger partial charge in [0.1, 0.15) is 23.4 Å². The van der Waals surface area contributed by atoms with Gasteiger partial charge in [-0.15, -0.1) is 0 Å². The Morgan fingerprint density at radius 2 is 1.88 bits per heavy atom. The molecule has 0 spiro atoms. The lowest BCUT2D eigenvalue weighted by atomic mass is 10.0. The van der Waals surface area contributed by atoms with E-state index in [-0.39, 0.29) is 24.1 Å². The normalized spacial score (nSPS) is 11.8.